The maximum Gasteiger partial charge on any atom is 0.0740 e. The van der Waals surface area contributed by atoms with Crippen LogP contribution in [0.5, 0.6) is 0 Å². The minimum absolute atomic E-state index is 0.456. The Kier molecular flexibility index (Phi) is 4.44. The lowest BCUT2D eigenvalue weighted by molar-refractivity contribution is 0.590. The van der Waals surface area contributed by atoms with Crippen LogP contribution in [0.4, 0.5) is 0 Å². The van der Waals surface area contributed by atoms with Gasteiger partial charge in [0.2, 0.25) is 0 Å². The van der Waals surface area contributed by atoms with Gasteiger partial charge in [-0.1, -0.05) is 39.8 Å². The summed E-state index contributed by atoms with van der Waals surface area (Å²) in [6.07, 6.45) is 0. The number of pyridine rings is 1. The van der Waals surface area contributed by atoms with Gasteiger partial charge in [-0.05, 0) is 42.5 Å². The summed E-state index contributed by atoms with van der Waals surface area (Å²) in [6.45, 7) is 14.0. The lowest BCUT2D eigenvalue weighted by atomic mass is 9.98. The van der Waals surface area contributed by atoms with Crippen molar-refractivity contribution in [3.8, 4) is 0 Å². The SMILES string of the molecule is Cc1ccc2c(CNC(C)C)cc(C(C)C)nc2c1C. The van der Waals surface area contributed by atoms with Gasteiger partial charge >= 0.3 is 0 Å². The van der Waals surface area contributed by atoms with Gasteiger partial charge in [-0.2, -0.15) is 0 Å². The molecule has 2 heteroatoms. The molecule has 0 unspecified atom stereocenters. The number of benzene rings is 1. The molecule has 0 aliphatic rings. The second-order valence-corrected chi connectivity index (χ2v) is 6.30. The van der Waals surface area contributed by atoms with Crippen molar-refractivity contribution in [3.05, 3.63) is 40.6 Å². The van der Waals surface area contributed by atoms with Crippen LogP contribution in [0.3, 0.4) is 0 Å². The first-order chi connectivity index (χ1) is 9.40. The van der Waals surface area contributed by atoms with E-state index in [1.165, 1.54) is 27.8 Å². The van der Waals surface area contributed by atoms with E-state index in [1.54, 1.807) is 0 Å². The van der Waals surface area contributed by atoms with Crippen LogP contribution in [-0.2, 0) is 6.54 Å². The molecule has 1 aromatic carbocycles. The summed E-state index contributed by atoms with van der Waals surface area (Å²) < 4.78 is 0. The predicted octanol–water partition coefficient (Wildman–Crippen LogP) is 4.47. The Morgan fingerprint density at radius 3 is 2.40 bits per heavy atom. The zero-order valence-corrected chi connectivity index (χ0v) is 13.5. The maximum absolute atomic E-state index is 4.90. The van der Waals surface area contributed by atoms with E-state index in [9.17, 15) is 0 Å². The van der Waals surface area contributed by atoms with E-state index >= 15 is 0 Å². The summed E-state index contributed by atoms with van der Waals surface area (Å²) >= 11 is 0. The van der Waals surface area contributed by atoms with Crippen LogP contribution in [-0.4, -0.2) is 11.0 Å². The topological polar surface area (TPSA) is 24.9 Å². The Bertz CT molecular complexity index is 612. The zero-order valence-electron chi connectivity index (χ0n) is 13.5. The highest BCUT2D eigenvalue weighted by atomic mass is 14.9. The van der Waals surface area contributed by atoms with E-state index in [0.29, 0.717) is 12.0 Å². The molecule has 0 radical (unpaired) electrons. The van der Waals surface area contributed by atoms with Gasteiger partial charge in [-0.3, -0.25) is 4.98 Å². The molecule has 20 heavy (non-hydrogen) atoms. The molecule has 1 N–H and O–H groups in total. The molecule has 0 saturated heterocycles. The summed E-state index contributed by atoms with van der Waals surface area (Å²) in [5.74, 6) is 0.456. The standard InChI is InChI=1S/C18H26N2/c1-11(2)17-9-15(10-19-12(3)4)16-8-7-13(5)14(6)18(16)20-17/h7-9,11-12,19H,10H2,1-6H3. The van der Waals surface area contributed by atoms with Gasteiger partial charge < -0.3 is 5.32 Å². The van der Waals surface area contributed by atoms with E-state index in [-0.39, 0.29) is 0 Å². The second-order valence-electron chi connectivity index (χ2n) is 6.30. The van der Waals surface area contributed by atoms with E-state index < -0.39 is 0 Å². The van der Waals surface area contributed by atoms with Crippen molar-refractivity contribution >= 4 is 10.9 Å². The average Bonchev–Trinajstić information content (AvgIpc) is 2.40. The smallest absolute Gasteiger partial charge is 0.0740 e. The number of hydrogen-bond donors (Lipinski definition) is 1. The van der Waals surface area contributed by atoms with Gasteiger partial charge in [-0.25, -0.2) is 0 Å². The van der Waals surface area contributed by atoms with E-state index in [0.717, 1.165) is 12.1 Å². The lowest BCUT2D eigenvalue weighted by Crippen LogP contribution is -2.22. The molecular weight excluding hydrogens is 244 g/mol. The third-order valence-electron chi connectivity index (χ3n) is 3.90. The fraction of sp³-hybridized carbons (Fsp3) is 0.500. The molecule has 108 valence electrons. The molecule has 0 aliphatic heterocycles. The minimum atomic E-state index is 0.456. The third kappa shape index (κ3) is 3.01. The monoisotopic (exact) mass is 270 g/mol. The molecule has 0 aliphatic carbocycles. The Morgan fingerprint density at radius 1 is 1.10 bits per heavy atom. The number of nitrogens with one attached hydrogen (secondary N) is 1. The second kappa shape index (κ2) is 5.92. The van der Waals surface area contributed by atoms with Gasteiger partial charge in [0.05, 0.1) is 5.52 Å². The number of hydrogen-bond acceptors (Lipinski definition) is 2. The van der Waals surface area contributed by atoms with Gasteiger partial charge in [0.25, 0.3) is 0 Å². The van der Waals surface area contributed by atoms with Crippen LogP contribution in [0.1, 0.15) is 56.0 Å². The van der Waals surface area contributed by atoms with Crippen molar-refractivity contribution in [1.82, 2.24) is 10.3 Å². The highest BCUT2D eigenvalue weighted by Crippen LogP contribution is 2.26. The molecule has 2 aromatic rings. The number of nitrogens with zero attached hydrogens (tertiary/aromatic N) is 1. The van der Waals surface area contributed by atoms with Gasteiger partial charge in [0.15, 0.2) is 0 Å². The molecule has 2 nitrogen and oxygen atoms in total. The molecule has 1 heterocycles. The van der Waals surface area contributed by atoms with Crippen molar-refractivity contribution < 1.29 is 0 Å². The van der Waals surface area contributed by atoms with Crippen LogP contribution in [0.15, 0.2) is 18.2 Å². The van der Waals surface area contributed by atoms with Gasteiger partial charge in [0.1, 0.15) is 0 Å². The molecule has 1 aromatic heterocycles. The summed E-state index contributed by atoms with van der Waals surface area (Å²) in [5, 5.41) is 4.81. The summed E-state index contributed by atoms with van der Waals surface area (Å²) in [7, 11) is 0. The van der Waals surface area contributed by atoms with Crippen molar-refractivity contribution in [2.75, 3.05) is 0 Å². The van der Waals surface area contributed by atoms with E-state index in [2.05, 4.69) is 65.1 Å². The lowest BCUT2D eigenvalue weighted by Gasteiger charge is -2.16. The molecular formula is C18H26N2. The summed E-state index contributed by atoms with van der Waals surface area (Å²) in [6, 6.07) is 7.17. The predicted molar refractivity (Wildman–Crippen MR) is 87.3 cm³/mol. The molecule has 2 rings (SSSR count). The first-order valence-corrected chi connectivity index (χ1v) is 7.53. The Balaban J connectivity index is 2.61. The largest absolute Gasteiger partial charge is 0.310 e. The van der Waals surface area contributed by atoms with E-state index in [1.807, 2.05) is 0 Å². The summed E-state index contributed by atoms with van der Waals surface area (Å²) in [5.41, 5.74) is 6.32. The van der Waals surface area contributed by atoms with Crippen molar-refractivity contribution in [2.24, 2.45) is 0 Å². The number of fused-ring (bicyclic) bond motifs is 1. The normalized spacial score (nSPS) is 11.8. The number of rotatable bonds is 4. The highest BCUT2D eigenvalue weighted by Gasteiger charge is 2.11. The first-order valence-electron chi connectivity index (χ1n) is 7.53. The Labute approximate surface area is 122 Å². The zero-order chi connectivity index (χ0) is 14.9. The van der Waals surface area contributed by atoms with Gasteiger partial charge in [0, 0.05) is 23.7 Å². The highest BCUT2D eigenvalue weighted by molar-refractivity contribution is 5.86. The van der Waals surface area contributed by atoms with Crippen molar-refractivity contribution in [2.45, 2.75) is 60.0 Å². The molecule has 0 spiro atoms. The third-order valence-corrected chi connectivity index (χ3v) is 3.90. The van der Waals surface area contributed by atoms with Crippen LogP contribution < -0.4 is 5.32 Å². The van der Waals surface area contributed by atoms with Crippen LogP contribution >= 0.6 is 0 Å². The maximum atomic E-state index is 4.90. The van der Waals surface area contributed by atoms with Crippen LogP contribution in [0, 0.1) is 13.8 Å². The molecule has 0 atom stereocenters. The van der Waals surface area contributed by atoms with Crippen LogP contribution in [0.25, 0.3) is 10.9 Å². The quantitative estimate of drug-likeness (QED) is 0.886. The van der Waals surface area contributed by atoms with Crippen molar-refractivity contribution in [1.29, 1.82) is 0 Å². The first kappa shape index (κ1) is 15.0. The Hall–Kier alpha value is -1.41. The van der Waals surface area contributed by atoms with Gasteiger partial charge in [-0.15, -0.1) is 0 Å². The minimum Gasteiger partial charge on any atom is -0.310 e. The number of aryl methyl sites for hydroxylation is 2. The molecule has 0 fully saturated rings. The fourth-order valence-electron chi connectivity index (χ4n) is 2.38. The molecule has 0 saturated carbocycles. The Morgan fingerprint density at radius 2 is 1.80 bits per heavy atom. The molecule has 0 amide bonds. The fourth-order valence-corrected chi connectivity index (χ4v) is 2.38. The average molecular weight is 270 g/mol. The van der Waals surface area contributed by atoms with Crippen LogP contribution in [0.2, 0.25) is 0 Å². The summed E-state index contributed by atoms with van der Waals surface area (Å²) in [4.78, 5) is 4.90. The van der Waals surface area contributed by atoms with E-state index in [4.69, 9.17) is 4.98 Å². The number of aromatic nitrogens is 1. The molecule has 0 bridgehead atoms. The van der Waals surface area contributed by atoms with Crippen molar-refractivity contribution in [3.63, 3.8) is 0 Å².